The molecule has 1 fully saturated rings. The molecule has 0 saturated carbocycles. The number of hydrogen-bond donors (Lipinski definition) is 1. The molecule has 0 radical (unpaired) electrons. The smallest absolute Gasteiger partial charge is 0.142 e. The SMILES string of the molecule is COC1CCN(c2ncnc3[nH]ccc23)C1. The van der Waals surface area contributed by atoms with E-state index >= 15 is 0 Å². The normalized spacial score (nSPS) is 20.8. The summed E-state index contributed by atoms with van der Waals surface area (Å²) in [6, 6.07) is 2.02. The van der Waals surface area contributed by atoms with E-state index in [1.807, 2.05) is 12.3 Å². The molecule has 2 aromatic rings. The van der Waals surface area contributed by atoms with E-state index in [-0.39, 0.29) is 0 Å². The van der Waals surface area contributed by atoms with Gasteiger partial charge in [0, 0.05) is 26.4 Å². The Hall–Kier alpha value is -1.62. The lowest BCUT2D eigenvalue weighted by Crippen LogP contribution is -2.23. The maximum absolute atomic E-state index is 5.36. The topological polar surface area (TPSA) is 54.0 Å². The predicted octanol–water partition coefficient (Wildman–Crippen LogP) is 1.18. The first-order valence-electron chi connectivity index (χ1n) is 5.44. The minimum absolute atomic E-state index is 0.323. The summed E-state index contributed by atoms with van der Waals surface area (Å²) in [6.45, 7) is 1.91. The van der Waals surface area contributed by atoms with Crippen LogP contribution in [0.3, 0.4) is 0 Å². The first-order valence-corrected chi connectivity index (χ1v) is 5.44. The van der Waals surface area contributed by atoms with E-state index in [1.165, 1.54) is 0 Å². The molecule has 16 heavy (non-hydrogen) atoms. The van der Waals surface area contributed by atoms with E-state index in [9.17, 15) is 0 Å². The van der Waals surface area contributed by atoms with E-state index in [1.54, 1.807) is 13.4 Å². The van der Waals surface area contributed by atoms with E-state index in [2.05, 4.69) is 19.9 Å². The Morgan fingerprint density at radius 1 is 1.50 bits per heavy atom. The summed E-state index contributed by atoms with van der Waals surface area (Å²) >= 11 is 0. The van der Waals surface area contributed by atoms with Gasteiger partial charge in [0.2, 0.25) is 0 Å². The van der Waals surface area contributed by atoms with Gasteiger partial charge in [-0.05, 0) is 12.5 Å². The summed E-state index contributed by atoms with van der Waals surface area (Å²) in [5.74, 6) is 1.01. The molecule has 2 aromatic heterocycles. The number of fused-ring (bicyclic) bond motifs is 1. The molecular formula is C11H14N4O. The predicted molar refractivity (Wildman–Crippen MR) is 61.5 cm³/mol. The number of methoxy groups -OCH3 is 1. The van der Waals surface area contributed by atoms with Gasteiger partial charge in [-0.1, -0.05) is 0 Å². The lowest BCUT2D eigenvalue weighted by atomic mass is 10.3. The van der Waals surface area contributed by atoms with Crippen LogP contribution in [0.1, 0.15) is 6.42 Å². The molecular weight excluding hydrogens is 204 g/mol. The standard InChI is InChI=1S/C11H14N4O/c1-16-8-3-5-15(6-8)11-9-2-4-12-10(9)13-7-14-11/h2,4,7-8H,3,5-6H2,1H3,(H,12,13,14). The molecule has 0 amide bonds. The number of aromatic amines is 1. The van der Waals surface area contributed by atoms with Crippen LogP contribution in [0.15, 0.2) is 18.6 Å². The Balaban J connectivity index is 1.97. The van der Waals surface area contributed by atoms with Crippen molar-refractivity contribution in [3.63, 3.8) is 0 Å². The van der Waals surface area contributed by atoms with Crippen LogP contribution in [0.2, 0.25) is 0 Å². The van der Waals surface area contributed by atoms with Crippen molar-refractivity contribution in [2.45, 2.75) is 12.5 Å². The van der Waals surface area contributed by atoms with Crippen molar-refractivity contribution in [2.75, 3.05) is 25.1 Å². The molecule has 1 atom stereocenters. The van der Waals surface area contributed by atoms with Gasteiger partial charge in [-0.15, -0.1) is 0 Å². The molecule has 0 aliphatic carbocycles. The Morgan fingerprint density at radius 3 is 3.25 bits per heavy atom. The number of rotatable bonds is 2. The number of anilines is 1. The fourth-order valence-corrected chi connectivity index (χ4v) is 2.22. The third-order valence-corrected chi connectivity index (χ3v) is 3.11. The Bertz CT molecular complexity index is 495. The highest BCUT2D eigenvalue weighted by Gasteiger charge is 2.24. The quantitative estimate of drug-likeness (QED) is 0.822. The first-order chi connectivity index (χ1) is 7.88. The summed E-state index contributed by atoms with van der Waals surface area (Å²) in [4.78, 5) is 13.9. The van der Waals surface area contributed by atoms with E-state index < -0.39 is 0 Å². The molecule has 1 unspecified atom stereocenters. The van der Waals surface area contributed by atoms with Gasteiger partial charge in [0.05, 0.1) is 11.5 Å². The van der Waals surface area contributed by atoms with E-state index in [4.69, 9.17) is 4.74 Å². The average Bonchev–Trinajstić information content (AvgIpc) is 2.97. The zero-order valence-electron chi connectivity index (χ0n) is 9.18. The number of nitrogens with one attached hydrogen (secondary N) is 1. The number of ether oxygens (including phenoxy) is 1. The molecule has 5 nitrogen and oxygen atoms in total. The van der Waals surface area contributed by atoms with Crippen molar-refractivity contribution < 1.29 is 4.74 Å². The zero-order valence-corrected chi connectivity index (χ0v) is 9.18. The van der Waals surface area contributed by atoms with Crippen molar-refractivity contribution in [1.82, 2.24) is 15.0 Å². The molecule has 5 heteroatoms. The maximum Gasteiger partial charge on any atom is 0.142 e. The number of aromatic nitrogens is 3. The van der Waals surface area contributed by atoms with E-state index in [0.717, 1.165) is 36.4 Å². The summed E-state index contributed by atoms with van der Waals surface area (Å²) in [5.41, 5.74) is 0.894. The molecule has 84 valence electrons. The fraction of sp³-hybridized carbons (Fsp3) is 0.455. The van der Waals surface area contributed by atoms with Crippen LogP contribution >= 0.6 is 0 Å². The van der Waals surface area contributed by atoms with Gasteiger partial charge in [-0.3, -0.25) is 0 Å². The van der Waals surface area contributed by atoms with Crippen LogP contribution in [0.5, 0.6) is 0 Å². The van der Waals surface area contributed by atoms with Crippen LogP contribution in [0, 0.1) is 0 Å². The summed E-state index contributed by atoms with van der Waals surface area (Å²) in [7, 11) is 1.76. The van der Waals surface area contributed by atoms with Crippen LogP contribution in [0.4, 0.5) is 5.82 Å². The van der Waals surface area contributed by atoms with Crippen LogP contribution in [-0.2, 0) is 4.74 Å². The lowest BCUT2D eigenvalue weighted by molar-refractivity contribution is 0.121. The van der Waals surface area contributed by atoms with Crippen molar-refractivity contribution in [1.29, 1.82) is 0 Å². The second-order valence-electron chi connectivity index (χ2n) is 4.03. The average molecular weight is 218 g/mol. The maximum atomic E-state index is 5.36. The molecule has 0 spiro atoms. The summed E-state index contributed by atoms with van der Waals surface area (Å²) in [5, 5.41) is 1.08. The van der Waals surface area contributed by atoms with Gasteiger partial charge in [-0.2, -0.15) is 0 Å². The molecule has 3 heterocycles. The van der Waals surface area contributed by atoms with Crippen LogP contribution in [0.25, 0.3) is 11.0 Å². The number of nitrogens with zero attached hydrogens (tertiary/aromatic N) is 3. The minimum atomic E-state index is 0.323. The monoisotopic (exact) mass is 218 g/mol. The molecule has 1 aliphatic rings. The Labute approximate surface area is 93.5 Å². The molecule has 0 bridgehead atoms. The lowest BCUT2D eigenvalue weighted by Gasteiger charge is -2.17. The fourth-order valence-electron chi connectivity index (χ4n) is 2.22. The second kappa shape index (κ2) is 3.75. The molecule has 1 N–H and O–H groups in total. The van der Waals surface area contributed by atoms with Gasteiger partial charge >= 0.3 is 0 Å². The molecule has 3 rings (SSSR count). The Kier molecular flexibility index (Phi) is 2.25. The van der Waals surface area contributed by atoms with Crippen LogP contribution in [-0.4, -0.2) is 41.3 Å². The summed E-state index contributed by atoms with van der Waals surface area (Å²) in [6.07, 6.45) is 4.89. The zero-order chi connectivity index (χ0) is 11.0. The highest BCUT2D eigenvalue weighted by Crippen LogP contribution is 2.25. The van der Waals surface area contributed by atoms with Crippen molar-refractivity contribution >= 4 is 16.9 Å². The van der Waals surface area contributed by atoms with Gasteiger partial charge in [-0.25, -0.2) is 9.97 Å². The van der Waals surface area contributed by atoms with Gasteiger partial charge < -0.3 is 14.6 Å². The summed E-state index contributed by atoms with van der Waals surface area (Å²) < 4.78 is 5.36. The van der Waals surface area contributed by atoms with Crippen molar-refractivity contribution in [3.8, 4) is 0 Å². The molecule has 1 aliphatic heterocycles. The van der Waals surface area contributed by atoms with Crippen molar-refractivity contribution in [3.05, 3.63) is 18.6 Å². The van der Waals surface area contributed by atoms with Gasteiger partial charge in [0.15, 0.2) is 0 Å². The first kappa shape index (κ1) is 9.59. The second-order valence-corrected chi connectivity index (χ2v) is 4.03. The van der Waals surface area contributed by atoms with E-state index in [0.29, 0.717) is 6.10 Å². The number of H-pyrrole nitrogens is 1. The third-order valence-electron chi connectivity index (χ3n) is 3.11. The highest BCUT2D eigenvalue weighted by molar-refractivity contribution is 5.87. The molecule has 1 saturated heterocycles. The highest BCUT2D eigenvalue weighted by atomic mass is 16.5. The largest absolute Gasteiger partial charge is 0.380 e. The minimum Gasteiger partial charge on any atom is -0.380 e. The van der Waals surface area contributed by atoms with Crippen LogP contribution < -0.4 is 4.90 Å². The molecule has 0 aromatic carbocycles. The van der Waals surface area contributed by atoms with Gasteiger partial charge in [0.1, 0.15) is 17.8 Å². The third kappa shape index (κ3) is 1.44. The number of hydrogen-bond acceptors (Lipinski definition) is 4. The van der Waals surface area contributed by atoms with Crippen molar-refractivity contribution in [2.24, 2.45) is 0 Å². The van der Waals surface area contributed by atoms with Gasteiger partial charge in [0.25, 0.3) is 0 Å². The Morgan fingerprint density at radius 2 is 2.44 bits per heavy atom.